The zero-order valence-electron chi connectivity index (χ0n) is 16.7. The van der Waals surface area contributed by atoms with E-state index in [-0.39, 0.29) is 5.91 Å². The molecule has 6 heteroatoms. The van der Waals surface area contributed by atoms with Crippen LogP contribution in [0.5, 0.6) is 11.5 Å². The van der Waals surface area contributed by atoms with E-state index in [2.05, 4.69) is 6.07 Å². The molecule has 0 unspecified atom stereocenters. The van der Waals surface area contributed by atoms with E-state index in [1.165, 1.54) is 24.2 Å². The third kappa shape index (κ3) is 3.80. The summed E-state index contributed by atoms with van der Waals surface area (Å²) in [4.78, 5) is 16.8. The maximum absolute atomic E-state index is 13.1. The van der Waals surface area contributed by atoms with E-state index in [0.29, 0.717) is 23.9 Å². The highest BCUT2D eigenvalue weighted by atomic mass is 35.5. The van der Waals surface area contributed by atoms with Crippen LogP contribution < -0.4 is 14.4 Å². The molecule has 1 aliphatic heterocycles. The minimum absolute atomic E-state index is 0.0275. The summed E-state index contributed by atoms with van der Waals surface area (Å²) >= 11 is 7.52. The second-order valence-electron chi connectivity index (χ2n) is 7.78. The predicted molar refractivity (Wildman–Crippen MR) is 121 cm³/mol. The van der Waals surface area contributed by atoms with Gasteiger partial charge >= 0.3 is 0 Å². The van der Waals surface area contributed by atoms with Crippen molar-refractivity contribution in [3.8, 4) is 21.9 Å². The zero-order chi connectivity index (χ0) is 20.7. The highest BCUT2D eigenvalue weighted by Crippen LogP contribution is 2.41. The van der Waals surface area contributed by atoms with E-state index in [4.69, 9.17) is 21.1 Å². The van der Waals surface area contributed by atoms with Crippen LogP contribution in [0.3, 0.4) is 0 Å². The minimum Gasteiger partial charge on any atom is -0.493 e. The molecule has 2 aromatic carbocycles. The Morgan fingerprint density at radius 2 is 1.90 bits per heavy atom. The van der Waals surface area contributed by atoms with Crippen molar-refractivity contribution in [3.63, 3.8) is 0 Å². The van der Waals surface area contributed by atoms with Crippen LogP contribution in [0.15, 0.2) is 48.5 Å². The monoisotopic (exact) mass is 439 g/mol. The number of fused-ring (bicyclic) bond motifs is 1. The second kappa shape index (κ2) is 7.97. The Balaban J connectivity index is 1.33. The van der Waals surface area contributed by atoms with Gasteiger partial charge in [-0.2, -0.15) is 0 Å². The second-order valence-corrected chi connectivity index (χ2v) is 9.27. The first-order chi connectivity index (χ1) is 14.6. The summed E-state index contributed by atoms with van der Waals surface area (Å²) in [7, 11) is 1.63. The Hall–Kier alpha value is -2.50. The van der Waals surface area contributed by atoms with Crippen molar-refractivity contribution in [3.05, 3.63) is 64.0 Å². The third-order valence-corrected chi connectivity index (χ3v) is 7.11. The van der Waals surface area contributed by atoms with Crippen molar-refractivity contribution in [2.75, 3.05) is 18.6 Å². The van der Waals surface area contributed by atoms with E-state index in [1.807, 2.05) is 42.5 Å². The maximum Gasteiger partial charge on any atom is 0.269 e. The Bertz CT molecular complexity index is 1090. The van der Waals surface area contributed by atoms with Crippen LogP contribution in [0, 0.1) is 5.92 Å². The fourth-order valence-electron chi connectivity index (χ4n) is 3.74. The molecular weight excluding hydrogens is 418 g/mol. The van der Waals surface area contributed by atoms with Gasteiger partial charge in [-0.25, -0.2) is 0 Å². The number of anilines is 1. The molecule has 4 nitrogen and oxygen atoms in total. The van der Waals surface area contributed by atoms with Gasteiger partial charge in [0.2, 0.25) is 0 Å². The first kappa shape index (κ1) is 19.5. The molecule has 3 aromatic rings. The number of amides is 1. The van der Waals surface area contributed by atoms with Crippen molar-refractivity contribution in [1.82, 2.24) is 0 Å². The number of benzene rings is 2. The molecule has 2 aliphatic rings. The molecule has 1 aliphatic carbocycles. The van der Waals surface area contributed by atoms with Crippen LogP contribution in [-0.2, 0) is 6.54 Å². The summed E-state index contributed by atoms with van der Waals surface area (Å²) in [5.41, 5.74) is 2.95. The number of carbonyl (C=O) groups is 1. The highest BCUT2D eigenvalue weighted by molar-refractivity contribution is 7.17. The van der Waals surface area contributed by atoms with Gasteiger partial charge in [0, 0.05) is 21.7 Å². The Kier molecular flexibility index (Phi) is 5.17. The molecule has 154 valence electrons. The van der Waals surface area contributed by atoms with Gasteiger partial charge in [0.25, 0.3) is 5.91 Å². The van der Waals surface area contributed by atoms with Gasteiger partial charge in [0.1, 0.15) is 0 Å². The fourth-order valence-corrected chi connectivity index (χ4v) is 5.00. The van der Waals surface area contributed by atoms with E-state index >= 15 is 0 Å². The molecule has 0 bridgehead atoms. The van der Waals surface area contributed by atoms with E-state index in [9.17, 15) is 4.79 Å². The molecule has 5 rings (SSSR count). The number of halogens is 1. The molecule has 1 saturated carbocycles. The molecule has 30 heavy (non-hydrogen) atoms. The summed E-state index contributed by atoms with van der Waals surface area (Å²) in [5.74, 6) is 2.25. The van der Waals surface area contributed by atoms with Gasteiger partial charge in [0.05, 0.1) is 25.1 Å². The van der Waals surface area contributed by atoms with Crippen LogP contribution in [0.2, 0.25) is 5.02 Å². The number of thiophene rings is 1. The molecule has 1 amide bonds. The maximum atomic E-state index is 13.1. The first-order valence-corrected chi connectivity index (χ1v) is 11.3. The lowest BCUT2D eigenvalue weighted by Gasteiger charge is -2.18. The van der Waals surface area contributed by atoms with Gasteiger partial charge in [-0.1, -0.05) is 36.6 Å². The summed E-state index contributed by atoms with van der Waals surface area (Å²) in [6, 6.07) is 15.5. The molecule has 0 saturated heterocycles. The molecule has 1 fully saturated rings. The topological polar surface area (TPSA) is 38.8 Å². The number of carbonyl (C=O) groups excluding carboxylic acids is 1. The van der Waals surface area contributed by atoms with Crippen molar-refractivity contribution in [2.45, 2.75) is 25.8 Å². The number of ether oxygens (including phenoxy) is 2. The molecule has 1 aromatic heterocycles. The first-order valence-electron chi connectivity index (χ1n) is 10.1. The van der Waals surface area contributed by atoms with Gasteiger partial charge in [-0.3, -0.25) is 4.79 Å². The van der Waals surface area contributed by atoms with Crippen LogP contribution >= 0.6 is 22.9 Å². The van der Waals surface area contributed by atoms with Crippen molar-refractivity contribution in [1.29, 1.82) is 0 Å². The predicted octanol–water partition coefficient (Wildman–Crippen LogP) is 6.42. The fraction of sp³-hybridized carbons (Fsp3) is 0.292. The lowest BCUT2D eigenvalue weighted by atomic mass is 10.1. The van der Waals surface area contributed by atoms with Gasteiger partial charge in [-0.05, 0) is 53.8 Å². The zero-order valence-corrected chi connectivity index (χ0v) is 18.3. The number of nitrogens with zero attached hydrogens (tertiary/aromatic N) is 1. The Labute approximate surface area is 185 Å². The van der Waals surface area contributed by atoms with Crippen LogP contribution in [0.4, 0.5) is 5.69 Å². The standard InChI is InChI=1S/C24H22ClNO3S/c1-28-21-13-19(8-9-20(21)29-11-10-15-2-3-15)26-14-17-12-22(30-23(17)24(26)27)16-4-6-18(25)7-5-16/h4-9,12-13,15H,2-3,10-11,14H2,1H3. The summed E-state index contributed by atoms with van der Waals surface area (Å²) in [6.45, 7) is 1.26. The van der Waals surface area contributed by atoms with Crippen LogP contribution in [0.25, 0.3) is 10.4 Å². The average Bonchev–Trinajstić information content (AvgIpc) is 3.41. The normalized spacial score (nSPS) is 15.4. The number of hydrogen-bond donors (Lipinski definition) is 0. The largest absolute Gasteiger partial charge is 0.493 e. The summed E-state index contributed by atoms with van der Waals surface area (Å²) < 4.78 is 11.4. The van der Waals surface area contributed by atoms with E-state index < -0.39 is 0 Å². The third-order valence-electron chi connectivity index (χ3n) is 5.65. The van der Waals surface area contributed by atoms with Gasteiger partial charge < -0.3 is 14.4 Å². The summed E-state index contributed by atoms with van der Waals surface area (Å²) in [5, 5.41) is 0.707. The molecule has 0 atom stereocenters. The van der Waals surface area contributed by atoms with Crippen LogP contribution in [0.1, 0.15) is 34.5 Å². The number of methoxy groups -OCH3 is 1. The Morgan fingerprint density at radius 1 is 1.10 bits per heavy atom. The van der Waals surface area contributed by atoms with E-state index in [1.54, 1.807) is 12.0 Å². The Morgan fingerprint density at radius 3 is 2.60 bits per heavy atom. The average molecular weight is 440 g/mol. The number of hydrogen-bond acceptors (Lipinski definition) is 4. The summed E-state index contributed by atoms with van der Waals surface area (Å²) in [6.07, 6.45) is 3.73. The SMILES string of the molecule is COc1cc(N2Cc3cc(-c4ccc(Cl)cc4)sc3C2=O)ccc1OCCC1CC1. The van der Waals surface area contributed by atoms with Gasteiger partial charge in [-0.15, -0.1) is 11.3 Å². The lowest BCUT2D eigenvalue weighted by molar-refractivity contribution is 0.1000. The number of rotatable bonds is 7. The molecule has 0 N–H and O–H groups in total. The molecule has 0 radical (unpaired) electrons. The van der Waals surface area contributed by atoms with E-state index in [0.717, 1.165) is 44.7 Å². The van der Waals surface area contributed by atoms with Crippen molar-refractivity contribution < 1.29 is 14.3 Å². The lowest BCUT2D eigenvalue weighted by Crippen LogP contribution is -2.23. The molecular formula is C24H22ClNO3S. The van der Waals surface area contributed by atoms with Gasteiger partial charge in [0.15, 0.2) is 11.5 Å². The molecule has 2 heterocycles. The van der Waals surface area contributed by atoms with Crippen molar-refractivity contribution in [2.24, 2.45) is 5.92 Å². The quantitative estimate of drug-likeness (QED) is 0.426. The van der Waals surface area contributed by atoms with Crippen molar-refractivity contribution >= 4 is 34.5 Å². The highest BCUT2D eigenvalue weighted by Gasteiger charge is 2.32. The molecule has 0 spiro atoms. The van der Waals surface area contributed by atoms with Crippen LogP contribution in [-0.4, -0.2) is 19.6 Å². The smallest absolute Gasteiger partial charge is 0.269 e. The minimum atomic E-state index is 0.0275.